The Morgan fingerprint density at radius 3 is 2.42 bits per heavy atom. The Morgan fingerprint density at radius 2 is 2.00 bits per heavy atom. The Balaban J connectivity index is 2.98. The fourth-order valence-corrected chi connectivity index (χ4v) is 2.76. The van der Waals surface area contributed by atoms with Gasteiger partial charge in [0.25, 0.3) is 0 Å². The number of nitro groups is 1. The molecule has 1 heterocycles. The molecule has 0 aromatic rings. The van der Waals surface area contributed by atoms with Crippen LogP contribution < -0.4 is 0 Å². The number of carbonyl (C=O) groups excluding carboxylic acids is 1. The Morgan fingerprint density at radius 1 is 1.38 bits per heavy atom. The average molecular weight is 349 g/mol. The summed E-state index contributed by atoms with van der Waals surface area (Å²) in [6, 6.07) is -1.10. The van der Waals surface area contributed by atoms with Gasteiger partial charge in [0.1, 0.15) is 0 Å². The van der Waals surface area contributed by atoms with Crippen molar-refractivity contribution in [1.29, 1.82) is 0 Å². The largest absolute Gasteiger partial charge is 0.466 e. The van der Waals surface area contributed by atoms with E-state index in [-0.39, 0.29) is 26.1 Å². The molecule has 0 saturated carbocycles. The minimum atomic E-state index is -1.10. The summed E-state index contributed by atoms with van der Waals surface area (Å²) >= 11 is 0. The number of hydrogen-bond donors (Lipinski definition) is 0. The lowest BCUT2D eigenvalue weighted by molar-refractivity contribution is -0.539. The Kier molecular flexibility index (Phi) is 8.01. The molecule has 140 valence electrons. The maximum Gasteiger partial charge on any atom is 0.306 e. The summed E-state index contributed by atoms with van der Waals surface area (Å²) in [4.78, 5) is 23.1. The third-order valence-corrected chi connectivity index (χ3v) is 3.94. The van der Waals surface area contributed by atoms with Crippen LogP contribution in [0, 0.1) is 16.0 Å². The molecule has 1 aliphatic rings. The minimum absolute atomic E-state index is 0.00956. The van der Waals surface area contributed by atoms with Gasteiger partial charge in [0.2, 0.25) is 6.04 Å². The molecule has 3 atom stereocenters. The highest BCUT2D eigenvalue weighted by molar-refractivity contribution is 5.69. The third-order valence-electron chi connectivity index (χ3n) is 3.94. The molecule has 3 unspecified atom stereocenters. The quantitative estimate of drug-likeness (QED) is 0.252. The van der Waals surface area contributed by atoms with Gasteiger partial charge in [-0.1, -0.05) is 0 Å². The van der Waals surface area contributed by atoms with E-state index in [9.17, 15) is 14.9 Å². The molecule has 24 heavy (non-hydrogen) atoms. The summed E-state index contributed by atoms with van der Waals surface area (Å²) < 4.78 is 26.4. The molecular formula is C15H27NO8. The van der Waals surface area contributed by atoms with Gasteiger partial charge >= 0.3 is 5.97 Å². The van der Waals surface area contributed by atoms with Crippen molar-refractivity contribution in [2.75, 3.05) is 27.4 Å². The molecule has 1 aliphatic heterocycles. The number of esters is 1. The number of ether oxygens (including phenoxy) is 5. The van der Waals surface area contributed by atoms with E-state index in [1.54, 1.807) is 20.8 Å². The van der Waals surface area contributed by atoms with Crippen molar-refractivity contribution in [1.82, 2.24) is 0 Å². The van der Waals surface area contributed by atoms with Crippen molar-refractivity contribution in [3.05, 3.63) is 10.1 Å². The van der Waals surface area contributed by atoms with E-state index in [0.29, 0.717) is 0 Å². The molecule has 0 bridgehead atoms. The summed E-state index contributed by atoms with van der Waals surface area (Å²) in [5.74, 6) is -2.07. The molecule has 1 rings (SSSR count). The van der Waals surface area contributed by atoms with Gasteiger partial charge in [-0.3, -0.25) is 14.9 Å². The molecule has 1 saturated heterocycles. The van der Waals surface area contributed by atoms with Crippen molar-refractivity contribution in [3.63, 3.8) is 0 Å². The molecule has 1 fully saturated rings. The lowest BCUT2D eigenvalue weighted by Crippen LogP contribution is -2.43. The summed E-state index contributed by atoms with van der Waals surface area (Å²) in [6.45, 7) is 5.51. The normalized spacial score (nSPS) is 22.3. The maximum atomic E-state index is 11.9. The predicted molar refractivity (Wildman–Crippen MR) is 82.8 cm³/mol. The molecule has 0 N–H and O–H groups in total. The maximum absolute atomic E-state index is 11.9. The lowest BCUT2D eigenvalue weighted by Gasteiger charge is -2.27. The molecule has 0 amide bonds. The second-order valence-corrected chi connectivity index (χ2v) is 6.03. The van der Waals surface area contributed by atoms with Crippen LogP contribution in [0.2, 0.25) is 0 Å². The van der Waals surface area contributed by atoms with Gasteiger partial charge < -0.3 is 23.7 Å². The Labute approximate surface area is 141 Å². The van der Waals surface area contributed by atoms with Crippen LogP contribution in [0.1, 0.15) is 33.6 Å². The summed E-state index contributed by atoms with van der Waals surface area (Å²) in [5, 5.41) is 11.6. The first kappa shape index (κ1) is 20.8. The Bertz CT molecular complexity index is 424. The number of rotatable bonds is 10. The number of hydrogen-bond acceptors (Lipinski definition) is 8. The van der Waals surface area contributed by atoms with Crippen LogP contribution in [0.15, 0.2) is 0 Å². The van der Waals surface area contributed by atoms with Gasteiger partial charge in [0.15, 0.2) is 12.1 Å². The smallest absolute Gasteiger partial charge is 0.306 e. The minimum Gasteiger partial charge on any atom is -0.466 e. The molecule has 9 nitrogen and oxygen atoms in total. The van der Waals surface area contributed by atoms with E-state index in [1.807, 2.05) is 0 Å². The zero-order valence-electron chi connectivity index (χ0n) is 14.9. The number of carbonyl (C=O) groups is 1. The highest BCUT2D eigenvalue weighted by Gasteiger charge is 2.46. The van der Waals surface area contributed by atoms with E-state index in [0.717, 1.165) is 0 Å². The van der Waals surface area contributed by atoms with Crippen molar-refractivity contribution in [3.8, 4) is 0 Å². The van der Waals surface area contributed by atoms with Gasteiger partial charge in [0, 0.05) is 19.1 Å². The van der Waals surface area contributed by atoms with Crippen molar-refractivity contribution >= 4 is 5.97 Å². The van der Waals surface area contributed by atoms with E-state index >= 15 is 0 Å². The zero-order chi connectivity index (χ0) is 18.3. The molecule has 9 heteroatoms. The molecule has 0 aromatic heterocycles. The van der Waals surface area contributed by atoms with Crippen LogP contribution in [0.25, 0.3) is 0 Å². The van der Waals surface area contributed by atoms with Crippen LogP contribution >= 0.6 is 0 Å². The lowest BCUT2D eigenvalue weighted by atomic mass is 9.88. The molecule has 0 radical (unpaired) electrons. The van der Waals surface area contributed by atoms with Crippen LogP contribution in [-0.4, -0.2) is 62.5 Å². The monoisotopic (exact) mass is 349 g/mol. The summed E-state index contributed by atoms with van der Waals surface area (Å²) in [7, 11) is 2.81. The van der Waals surface area contributed by atoms with Gasteiger partial charge in [-0.2, -0.15) is 0 Å². The van der Waals surface area contributed by atoms with Gasteiger partial charge in [-0.25, -0.2) is 0 Å². The van der Waals surface area contributed by atoms with Gasteiger partial charge in [-0.15, -0.1) is 0 Å². The molecule has 0 aromatic carbocycles. The van der Waals surface area contributed by atoms with E-state index in [2.05, 4.69) is 0 Å². The van der Waals surface area contributed by atoms with Crippen molar-refractivity contribution in [2.45, 2.75) is 57.8 Å². The summed E-state index contributed by atoms with van der Waals surface area (Å²) in [6.07, 6.45) is -1.48. The first-order valence-electron chi connectivity index (χ1n) is 7.90. The first-order valence-corrected chi connectivity index (χ1v) is 7.90. The zero-order valence-corrected chi connectivity index (χ0v) is 14.9. The highest BCUT2D eigenvalue weighted by Crippen LogP contribution is 2.32. The molecular weight excluding hydrogens is 322 g/mol. The van der Waals surface area contributed by atoms with Crippen LogP contribution in [-0.2, 0) is 28.5 Å². The van der Waals surface area contributed by atoms with Gasteiger partial charge in [-0.05, 0) is 20.8 Å². The first-order chi connectivity index (χ1) is 11.2. The predicted octanol–water partition coefficient (Wildman–Crippen LogP) is 1.36. The molecule has 0 spiro atoms. The Hall–Kier alpha value is -1.29. The highest BCUT2D eigenvalue weighted by atomic mass is 16.7. The van der Waals surface area contributed by atoms with E-state index in [4.69, 9.17) is 23.7 Å². The number of nitrogens with zero attached hydrogens (tertiary/aromatic N) is 1. The average Bonchev–Trinajstić information content (AvgIpc) is 2.86. The SMILES string of the molecule is CCOC(=O)CC(C1COC(C)(C)O1)C(CC(OC)OC)[N+](=O)[O-]. The second kappa shape index (κ2) is 9.26. The molecule has 0 aliphatic carbocycles. The van der Waals surface area contributed by atoms with E-state index in [1.165, 1.54) is 14.2 Å². The van der Waals surface area contributed by atoms with Gasteiger partial charge in [0.05, 0.1) is 38.1 Å². The fourth-order valence-electron chi connectivity index (χ4n) is 2.76. The number of methoxy groups -OCH3 is 2. The van der Waals surface area contributed by atoms with E-state index < -0.39 is 41.0 Å². The summed E-state index contributed by atoms with van der Waals surface area (Å²) in [5.41, 5.74) is 0. The third kappa shape index (κ3) is 5.97. The fraction of sp³-hybridized carbons (Fsp3) is 0.933. The van der Waals surface area contributed by atoms with Crippen molar-refractivity contribution < 1.29 is 33.4 Å². The topological polar surface area (TPSA) is 106 Å². The second-order valence-electron chi connectivity index (χ2n) is 6.03. The van der Waals surface area contributed by atoms with Crippen LogP contribution in [0.4, 0.5) is 0 Å². The van der Waals surface area contributed by atoms with Crippen molar-refractivity contribution in [2.24, 2.45) is 5.92 Å². The van der Waals surface area contributed by atoms with Crippen LogP contribution in [0.5, 0.6) is 0 Å². The van der Waals surface area contributed by atoms with Crippen LogP contribution in [0.3, 0.4) is 0 Å². The standard InChI is InChI=1S/C15H27NO8/c1-6-22-13(17)7-10(12-9-23-15(2,3)24-12)11(16(18)19)8-14(20-4)21-5/h10-12,14H,6-9H2,1-5H3.